The summed E-state index contributed by atoms with van der Waals surface area (Å²) in [4.78, 5) is 23.8. The van der Waals surface area contributed by atoms with E-state index in [1.807, 2.05) is 6.07 Å². The summed E-state index contributed by atoms with van der Waals surface area (Å²) in [5.74, 6) is -1.91. The van der Waals surface area contributed by atoms with E-state index in [1.54, 1.807) is 12.3 Å². The number of thiazole rings is 1. The standard InChI is InChI=1S/C12H9ClN4O3S2/c1-6-5-21-11(16-6)7(3-14)10(18)9-8(13)4-15-12(17-9)22(2,19)20/h4-5,7H,1-2H3. The molecule has 2 aromatic heterocycles. The van der Waals surface area contributed by atoms with Crippen molar-refractivity contribution in [3.05, 3.63) is 33.0 Å². The Labute approximate surface area is 135 Å². The molecular formula is C12H9ClN4O3S2. The number of sulfone groups is 1. The first-order valence-electron chi connectivity index (χ1n) is 5.82. The van der Waals surface area contributed by atoms with Crippen molar-refractivity contribution in [3.63, 3.8) is 0 Å². The second-order valence-corrected chi connectivity index (χ2v) is 7.58. The number of nitrogens with zero attached hydrogens (tertiary/aromatic N) is 4. The molecule has 0 fully saturated rings. The minimum atomic E-state index is -3.70. The van der Waals surface area contributed by atoms with Gasteiger partial charge in [-0.15, -0.1) is 11.3 Å². The van der Waals surface area contributed by atoms with E-state index in [4.69, 9.17) is 11.6 Å². The lowest BCUT2D eigenvalue weighted by atomic mass is 10.0. The molecule has 0 amide bonds. The smallest absolute Gasteiger partial charge is 0.247 e. The SMILES string of the molecule is Cc1csc(C(C#N)C(=O)c2nc(S(C)(=O)=O)ncc2Cl)n1. The maximum absolute atomic E-state index is 12.5. The van der Waals surface area contributed by atoms with Crippen LogP contribution in [0.1, 0.15) is 27.1 Å². The molecule has 0 aliphatic rings. The maximum Gasteiger partial charge on any atom is 0.247 e. The van der Waals surface area contributed by atoms with Crippen LogP contribution >= 0.6 is 22.9 Å². The number of Topliss-reactive ketones (excluding diaryl/α,β-unsaturated/α-hetero) is 1. The van der Waals surface area contributed by atoms with Crippen LogP contribution in [0.25, 0.3) is 0 Å². The summed E-state index contributed by atoms with van der Waals surface area (Å²) >= 11 is 7.03. The molecule has 7 nitrogen and oxygen atoms in total. The van der Waals surface area contributed by atoms with E-state index < -0.39 is 26.7 Å². The van der Waals surface area contributed by atoms with Gasteiger partial charge in [0.05, 0.1) is 17.3 Å². The van der Waals surface area contributed by atoms with Crippen molar-refractivity contribution in [3.8, 4) is 6.07 Å². The molecule has 0 saturated heterocycles. The number of rotatable bonds is 4. The normalized spacial score (nSPS) is 12.6. The number of halogens is 1. The van der Waals surface area contributed by atoms with Gasteiger partial charge in [0.1, 0.15) is 10.7 Å². The molecule has 1 atom stereocenters. The molecule has 0 saturated carbocycles. The molecular weight excluding hydrogens is 348 g/mol. The van der Waals surface area contributed by atoms with Crippen LogP contribution in [-0.2, 0) is 9.84 Å². The molecule has 2 heterocycles. The quantitative estimate of drug-likeness (QED) is 0.605. The number of aromatic nitrogens is 3. The molecule has 0 bridgehead atoms. The van der Waals surface area contributed by atoms with Crippen molar-refractivity contribution in [2.75, 3.05) is 6.26 Å². The lowest BCUT2D eigenvalue weighted by Gasteiger charge is -2.07. The number of aryl methyl sites for hydroxylation is 1. The predicted molar refractivity (Wildman–Crippen MR) is 79.7 cm³/mol. The molecule has 0 aliphatic heterocycles. The largest absolute Gasteiger partial charge is 0.290 e. The molecule has 1 unspecified atom stereocenters. The summed E-state index contributed by atoms with van der Waals surface area (Å²) < 4.78 is 23.0. The number of nitriles is 1. The molecule has 114 valence electrons. The van der Waals surface area contributed by atoms with Gasteiger partial charge in [-0.2, -0.15) is 5.26 Å². The second-order valence-electron chi connectivity index (χ2n) is 4.37. The zero-order valence-electron chi connectivity index (χ0n) is 11.4. The van der Waals surface area contributed by atoms with E-state index in [-0.39, 0.29) is 10.7 Å². The Morgan fingerprint density at radius 2 is 2.14 bits per heavy atom. The fourth-order valence-electron chi connectivity index (χ4n) is 1.57. The highest BCUT2D eigenvalue weighted by molar-refractivity contribution is 7.90. The Hall–Kier alpha value is -1.89. The highest BCUT2D eigenvalue weighted by Gasteiger charge is 2.29. The number of hydrogen-bond donors (Lipinski definition) is 0. The molecule has 0 aromatic carbocycles. The predicted octanol–water partition coefficient (Wildman–Crippen LogP) is 1.79. The fraction of sp³-hybridized carbons (Fsp3) is 0.250. The Morgan fingerprint density at radius 3 is 2.64 bits per heavy atom. The van der Waals surface area contributed by atoms with Gasteiger partial charge in [-0.1, -0.05) is 11.6 Å². The monoisotopic (exact) mass is 356 g/mol. The van der Waals surface area contributed by atoms with Crippen LogP contribution in [0.15, 0.2) is 16.7 Å². The average Bonchev–Trinajstić information content (AvgIpc) is 2.85. The molecule has 22 heavy (non-hydrogen) atoms. The Bertz CT molecular complexity index is 886. The van der Waals surface area contributed by atoms with E-state index in [9.17, 15) is 18.5 Å². The number of carbonyl (C=O) groups is 1. The van der Waals surface area contributed by atoms with Gasteiger partial charge in [0.2, 0.25) is 20.8 Å². The first kappa shape index (κ1) is 16.5. The topological polar surface area (TPSA) is 114 Å². The number of carbonyl (C=O) groups excluding carboxylic acids is 1. The van der Waals surface area contributed by atoms with Crippen LogP contribution in [0.3, 0.4) is 0 Å². The van der Waals surface area contributed by atoms with Crippen LogP contribution < -0.4 is 0 Å². The molecule has 0 N–H and O–H groups in total. The van der Waals surface area contributed by atoms with Crippen LogP contribution in [0.5, 0.6) is 0 Å². The zero-order valence-corrected chi connectivity index (χ0v) is 13.8. The summed E-state index contributed by atoms with van der Waals surface area (Å²) in [6.45, 7) is 1.73. The third-order valence-corrected chi connectivity index (χ3v) is 4.73. The number of hydrogen-bond acceptors (Lipinski definition) is 8. The van der Waals surface area contributed by atoms with Crippen molar-refractivity contribution in [2.24, 2.45) is 0 Å². The van der Waals surface area contributed by atoms with Crippen LogP contribution in [0.2, 0.25) is 5.02 Å². The van der Waals surface area contributed by atoms with Crippen LogP contribution in [0.4, 0.5) is 0 Å². The Morgan fingerprint density at radius 1 is 1.45 bits per heavy atom. The van der Waals surface area contributed by atoms with Crippen molar-refractivity contribution in [1.82, 2.24) is 15.0 Å². The van der Waals surface area contributed by atoms with Crippen LogP contribution in [-0.4, -0.2) is 35.4 Å². The summed E-state index contributed by atoms with van der Waals surface area (Å²) in [5.41, 5.74) is 0.371. The van der Waals surface area contributed by atoms with E-state index in [2.05, 4.69) is 15.0 Å². The van der Waals surface area contributed by atoms with Gasteiger partial charge in [0.25, 0.3) is 0 Å². The van der Waals surface area contributed by atoms with Crippen LogP contribution in [0, 0.1) is 18.3 Å². The number of ketones is 1. The third-order valence-electron chi connectivity index (χ3n) is 2.56. The summed E-state index contributed by atoms with van der Waals surface area (Å²) in [6.07, 6.45) is 1.94. The molecule has 2 aromatic rings. The van der Waals surface area contributed by atoms with Crippen molar-refractivity contribution < 1.29 is 13.2 Å². The second kappa shape index (κ2) is 6.08. The van der Waals surface area contributed by atoms with E-state index >= 15 is 0 Å². The van der Waals surface area contributed by atoms with E-state index in [0.717, 1.165) is 23.8 Å². The van der Waals surface area contributed by atoms with Crippen molar-refractivity contribution in [2.45, 2.75) is 18.0 Å². The maximum atomic E-state index is 12.5. The van der Waals surface area contributed by atoms with Crippen molar-refractivity contribution in [1.29, 1.82) is 5.26 Å². The van der Waals surface area contributed by atoms with Gasteiger partial charge < -0.3 is 0 Å². The van der Waals surface area contributed by atoms with E-state index in [0.29, 0.717) is 10.7 Å². The summed E-state index contributed by atoms with van der Waals surface area (Å²) in [7, 11) is -3.70. The van der Waals surface area contributed by atoms with Gasteiger partial charge >= 0.3 is 0 Å². The van der Waals surface area contributed by atoms with Gasteiger partial charge in [-0.3, -0.25) is 4.79 Å². The van der Waals surface area contributed by atoms with Gasteiger partial charge in [-0.05, 0) is 6.92 Å². The third kappa shape index (κ3) is 3.30. The molecule has 0 aliphatic carbocycles. The summed E-state index contributed by atoms with van der Waals surface area (Å²) in [5, 5.41) is 10.6. The average molecular weight is 357 g/mol. The van der Waals surface area contributed by atoms with Gasteiger partial charge in [0, 0.05) is 17.3 Å². The molecule has 0 spiro atoms. The van der Waals surface area contributed by atoms with Gasteiger partial charge in [0.15, 0.2) is 5.92 Å². The highest BCUT2D eigenvalue weighted by atomic mass is 35.5. The highest BCUT2D eigenvalue weighted by Crippen LogP contribution is 2.26. The zero-order chi connectivity index (χ0) is 16.5. The molecule has 10 heteroatoms. The molecule has 2 rings (SSSR count). The Kier molecular flexibility index (Phi) is 4.55. The van der Waals surface area contributed by atoms with E-state index in [1.165, 1.54) is 0 Å². The lowest BCUT2D eigenvalue weighted by molar-refractivity contribution is 0.0973. The minimum Gasteiger partial charge on any atom is -0.290 e. The first-order valence-corrected chi connectivity index (χ1v) is 8.97. The summed E-state index contributed by atoms with van der Waals surface area (Å²) in [6, 6.07) is 1.85. The minimum absolute atomic E-state index is 0.120. The fourth-order valence-corrected chi connectivity index (χ4v) is 3.09. The Balaban J connectivity index is 2.51. The van der Waals surface area contributed by atoms with Gasteiger partial charge in [-0.25, -0.2) is 23.4 Å². The van der Waals surface area contributed by atoms with Crippen molar-refractivity contribution >= 4 is 38.6 Å². The lowest BCUT2D eigenvalue weighted by Crippen LogP contribution is -2.16. The molecule has 0 radical (unpaired) electrons. The first-order chi connectivity index (χ1) is 10.2.